The summed E-state index contributed by atoms with van der Waals surface area (Å²) in [6, 6.07) is 8.77. The molecule has 0 aromatic heterocycles. The van der Waals surface area contributed by atoms with Crippen molar-refractivity contribution in [2.45, 2.75) is 31.5 Å². The number of carbonyl (C=O) groups is 2. The van der Waals surface area contributed by atoms with E-state index in [2.05, 4.69) is 6.07 Å². The number of rotatable bonds is 5. The average molecular weight is 413 g/mol. The maximum absolute atomic E-state index is 12.2. The molecule has 3 N–H and O–H groups in total. The maximum atomic E-state index is 12.2. The fourth-order valence-electron chi connectivity index (χ4n) is 3.06. The Labute approximate surface area is 165 Å². The first-order valence-corrected chi connectivity index (χ1v) is 9.11. The number of hydrogen-bond donors (Lipinski definition) is 2. The van der Waals surface area contributed by atoms with Crippen LogP contribution in [0, 0.1) is 23.2 Å². The molecule has 3 atom stereocenters. The van der Waals surface area contributed by atoms with E-state index in [4.69, 9.17) is 25.6 Å². The van der Waals surface area contributed by atoms with Crippen LogP contribution in [0.1, 0.15) is 24.8 Å². The molecule has 7 nitrogen and oxygen atoms in total. The molecule has 1 aliphatic heterocycles. The van der Waals surface area contributed by atoms with Crippen LogP contribution in [0.4, 0.5) is 13.2 Å². The topological polar surface area (TPSA) is 117 Å². The molecule has 1 saturated heterocycles. The Hall–Kier alpha value is -2.80. The van der Waals surface area contributed by atoms with Crippen LogP contribution >= 0.6 is 0 Å². The summed E-state index contributed by atoms with van der Waals surface area (Å²) in [5.74, 6) is -1.30. The maximum Gasteiger partial charge on any atom is 0.490 e. The molecule has 0 unspecified atom stereocenters. The fraction of sp³-hybridized carbons (Fsp3) is 0.526. The number of aliphatic carboxylic acids is 1. The van der Waals surface area contributed by atoms with Gasteiger partial charge in [0.15, 0.2) is 0 Å². The zero-order chi connectivity index (χ0) is 21.6. The van der Waals surface area contributed by atoms with Gasteiger partial charge in [0.2, 0.25) is 5.91 Å². The number of ether oxygens (including phenoxy) is 1. The quantitative estimate of drug-likeness (QED) is 0.764. The molecule has 0 radical (unpaired) electrons. The second-order valence-electron chi connectivity index (χ2n) is 6.97. The highest BCUT2D eigenvalue weighted by Gasteiger charge is 2.46. The van der Waals surface area contributed by atoms with Crippen LogP contribution in [0.2, 0.25) is 0 Å². The van der Waals surface area contributed by atoms with Gasteiger partial charge < -0.3 is 20.5 Å². The highest BCUT2D eigenvalue weighted by Crippen LogP contribution is 2.41. The Bertz CT molecular complexity index is 755. The van der Waals surface area contributed by atoms with Crippen molar-refractivity contribution in [2.75, 3.05) is 19.7 Å². The lowest BCUT2D eigenvalue weighted by Crippen LogP contribution is -2.44. The van der Waals surface area contributed by atoms with Crippen molar-refractivity contribution in [2.24, 2.45) is 17.6 Å². The van der Waals surface area contributed by atoms with Gasteiger partial charge >= 0.3 is 12.1 Å². The second-order valence-corrected chi connectivity index (χ2v) is 6.97. The third-order valence-corrected chi connectivity index (χ3v) is 4.83. The van der Waals surface area contributed by atoms with Gasteiger partial charge in [-0.15, -0.1) is 0 Å². The molecule has 0 bridgehead atoms. The number of nitrogens with zero attached hydrogens (tertiary/aromatic N) is 2. The molecular formula is C19H22F3N3O4. The van der Waals surface area contributed by atoms with E-state index in [1.807, 2.05) is 4.90 Å². The normalized spacial score (nSPS) is 21.4. The van der Waals surface area contributed by atoms with Crippen LogP contribution in [0.3, 0.4) is 0 Å². The summed E-state index contributed by atoms with van der Waals surface area (Å²) >= 11 is 0. The summed E-state index contributed by atoms with van der Waals surface area (Å²) in [7, 11) is 0. The first-order valence-electron chi connectivity index (χ1n) is 9.11. The number of nitriles is 1. The number of amides is 1. The van der Waals surface area contributed by atoms with Crippen LogP contribution in [0.25, 0.3) is 0 Å². The van der Waals surface area contributed by atoms with Gasteiger partial charge in [-0.3, -0.25) is 4.79 Å². The van der Waals surface area contributed by atoms with Gasteiger partial charge in [0.05, 0.1) is 24.3 Å². The summed E-state index contributed by atoms with van der Waals surface area (Å²) in [6.07, 6.45) is -1.94. The molecule has 29 heavy (non-hydrogen) atoms. The summed E-state index contributed by atoms with van der Waals surface area (Å²) in [6.45, 7) is 2.29. The number of nitrogens with two attached hydrogens (primary N) is 1. The van der Waals surface area contributed by atoms with E-state index in [9.17, 15) is 18.0 Å². The van der Waals surface area contributed by atoms with Gasteiger partial charge in [0.1, 0.15) is 5.75 Å². The Kier molecular flexibility index (Phi) is 7.45. The lowest BCUT2D eigenvalue weighted by atomic mass is 10.1. The van der Waals surface area contributed by atoms with E-state index >= 15 is 0 Å². The molecule has 1 aromatic rings. The lowest BCUT2D eigenvalue weighted by molar-refractivity contribution is -0.192. The van der Waals surface area contributed by atoms with Crippen molar-refractivity contribution in [3.8, 4) is 11.8 Å². The lowest BCUT2D eigenvalue weighted by Gasteiger charge is -2.20. The Morgan fingerprint density at radius 3 is 2.31 bits per heavy atom. The van der Waals surface area contributed by atoms with Crippen molar-refractivity contribution in [1.29, 1.82) is 5.26 Å². The van der Waals surface area contributed by atoms with Crippen LogP contribution in [0.5, 0.6) is 5.75 Å². The predicted molar refractivity (Wildman–Crippen MR) is 95.7 cm³/mol. The van der Waals surface area contributed by atoms with Gasteiger partial charge in [0, 0.05) is 13.1 Å². The average Bonchev–Trinajstić information content (AvgIpc) is 3.25. The number of alkyl halides is 3. The third kappa shape index (κ3) is 6.64. The molecule has 1 saturated carbocycles. The monoisotopic (exact) mass is 413 g/mol. The van der Waals surface area contributed by atoms with Gasteiger partial charge in [-0.2, -0.15) is 18.4 Å². The van der Waals surface area contributed by atoms with E-state index in [-0.39, 0.29) is 17.9 Å². The van der Waals surface area contributed by atoms with Crippen molar-refractivity contribution in [1.82, 2.24) is 4.90 Å². The molecule has 1 aliphatic carbocycles. The summed E-state index contributed by atoms with van der Waals surface area (Å²) in [5, 5.41) is 15.9. The smallest absolute Gasteiger partial charge is 0.490 e. The highest BCUT2D eigenvalue weighted by molar-refractivity contribution is 5.82. The molecule has 10 heteroatoms. The molecular weight excluding hydrogens is 391 g/mol. The third-order valence-electron chi connectivity index (χ3n) is 4.83. The molecule has 158 valence electrons. The van der Waals surface area contributed by atoms with E-state index in [1.54, 1.807) is 24.3 Å². The number of likely N-dealkylation sites (tertiary alicyclic amines) is 1. The number of carboxylic acids is 1. The van der Waals surface area contributed by atoms with Crippen LogP contribution in [0.15, 0.2) is 24.3 Å². The van der Waals surface area contributed by atoms with Crippen molar-refractivity contribution in [3.05, 3.63) is 29.8 Å². The molecule has 1 aromatic carbocycles. The van der Waals surface area contributed by atoms with E-state index in [0.717, 1.165) is 38.1 Å². The zero-order valence-corrected chi connectivity index (χ0v) is 15.6. The van der Waals surface area contributed by atoms with Crippen LogP contribution < -0.4 is 10.5 Å². The first kappa shape index (κ1) is 22.5. The minimum atomic E-state index is -5.08. The number of halogens is 3. The Balaban J connectivity index is 0.000000370. The summed E-state index contributed by atoms with van der Waals surface area (Å²) in [5.41, 5.74) is 6.74. The van der Waals surface area contributed by atoms with Crippen molar-refractivity contribution >= 4 is 11.9 Å². The van der Waals surface area contributed by atoms with Gasteiger partial charge in [-0.25, -0.2) is 4.79 Å². The SMILES string of the molecule is N#Cc1ccc(OC[C@H]2C[C@H]2[C@H](N)C(=O)N2CCCC2)cc1.O=C(O)C(F)(F)F. The summed E-state index contributed by atoms with van der Waals surface area (Å²) < 4.78 is 37.5. The first-order chi connectivity index (χ1) is 13.6. The van der Waals surface area contributed by atoms with E-state index in [0.29, 0.717) is 18.1 Å². The molecule has 2 fully saturated rings. The Morgan fingerprint density at radius 2 is 1.83 bits per heavy atom. The van der Waals surface area contributed by atoms with Gasteiger partial charge in [-0.05, 0) is 55.4 Å². The number of carboxylic acid groups (broad SMARTS) is 1. The van der Waals surface area contributed by atoms with Crippen molar-refractivity contribution < 1.29 is 32.6 Å². The molecule has 1 amide bonds. The fourth-order valence-corrected chi connectivity index (χ4v) is 3.06. The van der Waals surface area contributed by atoms with Crippen molar-refractivity contribution in [3.63, 3.8) is 0 Å². The number of hydrogen-bond acceptors (Lipinski definition) is 5. The molecule has 3 rings (SSSR count). The second kappa shape index (κ2) is 9.60. The molecule has 2 aliphatic rings. The standard InChI is InChI=1S/C17H21N3O2.C2HF3O2/c18-10-12-3-5-14(6-4-12)22-11-13-9-15(13)16(19)17(21)20-7-1-2-8-20;3-2(4,5)1(6)7/h3-6,13,15-16H,1-2,7-9,11,19H2;(H,6,7)/t13-,15-,16+;/m1./s1. The highest BCUT2D eigenvalue weighted by atomic mass is 19.4. The predicted octanol–water partition coefficient (Wildman–Crippen LogP) is 2.16. The molecule has 0 spiro atoms. The van der Waals surface area contributed by atoms with E-state index in [1.165, 1.54) is 0 Å². The van der Waals surface area contributed by atoms with E-state index < -0.39 is 12.1 Å². The number of carbonyl (C=O) groups excluding carboxylic acids is 1. The van der Waals surface area contributed by atoms with Crippen LogP contribution in [-0.2, 0) is 9.59 Å². The summed E-state index contributed by atoms with van der Waals surface area (Å²) in [4.78, 5) is 23.0. The zero-order valence-electron chi connectivity index (χ0n) is 15.6. The Morgan fingerprint density at radius 1 is 1.28 bits per heavy atom. The largest absolute Gasteiger partial charge is 0.493 e. The van der Waals surface area contributed by atoms with Gasteiger partial charge in [0.25, 0.3) is 0 Å². The number of benzene rings is 1. The minimum Gasteiger partial charge on any atom is -0.493 e. The van der Waals surface area contributed by atoms with Crippen LogP contribution in [-0.4, -0.2) is 53.8 Å². The minimum absolute atomic E-state index is 0.100. The van der Waals surface area contributed by atoms with Gasteiger partial charge in [-0.1, -0.05) is 0 Å². The molecule has 1 heterocycles.